The van der Waals surface area contributed by atoms with Crippen molar-refractivity contribution < 1.29 is 18.1 Å². The number of carbonyl (C=O) groups is 1. The first-order chi connectivity index (χ1) is 14.9. The fraction of sp³-hybridized carbons (Fsp3) is 0.300. The maximum atomic E-state index is 12.8. The first-order valence-electron chi connectivity index (χ1n) is 9.84. The SMILES string of the molecule is O=C(NCCNc1ccccc1[N+](=O)[O-])[C@@H]1CCCN1C1=NS(=O)(=O)c2ccccc21. The van der Waals surface area contributed by atoms with E-state index in [-0.39, 0.29) is 23.0 Å². The molecule has 0 aromatic heterocycles. The second-order valence-corrected chi connectivity index (χ2v) is 8.80. The average Bonchev–Trinajstić information content (AvgIpc) is 3.34. The zero-order chi connectivity index (χ0) is 22.0. The molecule has 1 amide bonds. The molecular formula is C20H21N5O5S. The molecule has 10 nitrogen and oxygen atoms in total. The molecule has 1 saturated heterocycles. The van der Waals surface area contributed by atoms with Crippen LogP contribution in [-0.4, -0.2) is 55.7 Å². The van der Waals surface area contributed by atoms with Crippen molar-refractivity contribution in [1.29, 1.82) is 0 Å². The number of amidine groups is 1. The summed E-state index contributed by atoms with van der Waals surface area (Å²) in [5.74, 6) is 0.0811. The molecule has 0 unspecified atom stereocenters. The summed E-state index contributed by atoms with van der Waals surface area (Å²) in [7, 11) is -3.75. The first-order valence-corrected chi connectivity index (χ1v) is 11.3. The van der Waals surface area contributed by atoms with Gasteiger partial charge in [-0.15, -0.1) is 4.40 Å². The number of rotatable bonds is 6. The molecule has 4 rings (SSSR count). The Morgan fingerprint density at radius 3 is 2.71 bits per heavy atom. The second kappa shape index (κ2) is 8.34. The van der Waals surface area contributed by atoms with Crippen LogP contribution in [0.4, 0.5) is 11.4 Å². The zero-order valence-electron chi connectivity index (χ0n) is 16.5. The van der Waals surface area contributed by atoms with Gasteiger partial charge in [0.15, 0.2) is 5.84 Å². The zero-order valence-corrected chi connectivity index (χ0v) is 17.3. The van der Waals surface area contributed by atoms with Gasteiger partial charge in [0, 0.05) is 31.3 Å². The van der Waals surface area contributed by atoms with Crippen molar-refractivity contribution in [3.63, 3.8) is 0 Å². The average molecular weight is 443 g/mol. The lowest BCUT2D eigenvalue weighted by Crippen LogP contribution is -2.46. The minimum atomic E-state index is -3.75. The quantitative estimate of drug-likeness (QED) is 0.394. The van der Waals surface area contributed by atoms with Crippen LogP contribution in [0.5, 0.6) is 0 Å². The number of para-hydroxylation sites is 2. The smallest absolute Gasteiger partial charge is 0.292 e. The first kappa shape index (κ1) is 20.8. The van der Waals surface area contributed by atoms with E-state index in [2.05, 4.69) is 15.0 Å². The molecule has 2 aromatic carbocycles. The van der Waals surface area contributed by atoms with E-state index >= 15 is 0 Å². The standard InChI is InChI=1S/C20H21N5O5S/c26-20(22-12-11-21-15-7-2-3-8-16(15)25(27)28)17-9-5-13-24(17)19-14-6-1-4-10-18(14)31(29,30)23-19/h1-4,6-8,10,17,21H,5,9,11-13H2,(H,22,26)/t17-/m0/s1. The van der Waals surface area contributed by atoms with Crippen LogP contribution in [0.25, 0.3) is 0 Å². The normalized spacial score (nSPS) is 18.9. The lowest BCUT2D eigenvalue weighted by molar-refractivity contribution is -0.384. The molecule has 2 aliphatic heterocycles. The Balaban J connectivity index is 1.39. The monoisotopic (exact) mass is 443 g/mol. The number of hydrogen-bond donors (Lipinski definition) is 2. The van der Waals surface area contributed by atoms with E-state index in [0.29, 0.717) is 36.6 Å². The van der Waals surface area contributed by atoms with Crippen LogP contribution in [-0.2, 0) is 14.8 Å². The van der Waals surface area contributed by atoms with Crippen molar-refractivity contribution in [3.8, 4) is 0 Å². The van der Waals surface area contributed by atoms with Gasteiger partial charge in [0.1, 0.15) is 16.6 Å². The molecule has 0 bridgehead atoms. The van der Waals surface area contributed by atoms with Gasteiger partial charge in [-0.2, -0.15) is 8.42 Å². The second-order valence-electron chi connectivity index (χ2n) is 7.23. The van der Waals surface area contributed by atoms with Crippen LogP contribution < -0.4 is 10.6 Å². The molecule has 2 heterocycles. The molecule has 0 spiro atoms. The van der Waals surface area contributed by atoms with Crippen molar-refractivity contribution in [2.45, 2.75) is 23.8 Å². The molecular weight excluding hydrogens is 422 g/mol. The lowest BCUT2D eigenvalue weighted by atomic mass is 10.1. The molecule has 2 aliphatic rings. The Morgan fingerprint density at radius 2 is 1.90 bits per heavy atom. The van der Waals surface area contributed by atoms with E-state index < -0.39 is 21.0 Å². The van der Waals surface area contributed by atoms with Gasteiger partial charge in [-0.3, -0.25) is 14.9 Å². The Bertz CT molecular complexity index is 1160. The number of nitro benzene ring substituents is 1. The molecule has 2 N–H and O–H groups in total. The van der Waals surface area contributed by atoms with Gasteiger partial charge >= 0.3 is 0 Å². The molecule has 31 heavy (non-hydrogen) atoms. The molecule has 0 radical (unpaired) electrons. The topological polar surface area (TPSA) is 134 Å². The summed E-state index contributed by atoms with van der Waals surface area (Å²) in [6, 6.07) is 12.4. The number of benzene rings is 2. The van der Waals surface area contributed by atoms with Crippen LogP contribution in [0, 0.1) is 10.1 Å². The summed E-state index contributed by atoms with van der Waals surface area (Å²) in [4.78, 5) is 25.3. The number of nitrogens with one attached hydrogen (secondary N) is 2. The van der Waals surface area contributed by atoms with Crippen LogP contribution in [0.1, 0.15) is 18.4 Å². The van der Waals surface area contributed by atoms with Crippen molar-refractivity contribution in [2.24, 2.45) is 4.40 Å². The predicted molar refractivity (Wildman–Crippen MR) is 114 cm³/mol. The van der Waals surface area contributed by atoms with Gasteiger partial charge in [0.25, 0.3) is 15.7 Å². The van der Waals surface area contributed by atoms with Crippen LogP contribution in [0.15, 0.2) is 57.8 Å². The van der Waals surface area contributed by atoms with Crippen molar-refractivity contribution in [2.75, 3.05) is 25.0 Å². The highest BCUT2D eigenvalue weighted by molar-refractivity contribution is 7.90. The summed E-state index contributed by atoms with van der Waals surface area (Å²) >= 11 is 0. The highest BCUT2D eigenvalue weighted by Gasteiger charge is 2.39. The van der Waals surface area contributed by atoms with Crippen molar-refractivity contribution in [1.82, 2.24) is 10.2 Å². The van der Waals surface area contributed by atoms with E-state index in [1.54, 1.807) is 41.3 Å². The fourth-order valence-electron chi connectivity index (χ4n) is 3.87. The summed E-state index contributed by atoms with van der Waals surface area (Å²) in [5, 5.41) is 16.9. The van der Waals surface area contributed by atoms with Crippen molar-refractivity contribution >= 4 is 33.1 Å². The van der Waals surface area contributed by atoms with Gasteiger partial charge in [-0.25, -0.2) is 0 Å². The Kier molecular flexibility index (Phi) is 5.59. The van der Waals surface area contributed by atoms with Crippen LogP contribution in [0.2, 0.25) is 0 Å². The van der Waals surface area contributed by atoms with E-state index in [9.17, 15) is 23.3 Å². The Labute approximate surface area is 179 Å². The van der Waals surface area contributed by atoms with E-state index in [1.165, 1.54) is 12.1 Å². The Hall–Kier alpha value is -3.47. The highest BCUT2D eigenvalue weighted by Crippen LogP contribution is 2.31. The third kappa shape index (κ3) is 4.08. The minimum Gasteiger partial charge on any atom is -0.378 e. The minimum absolute atomic E-state index is 0.0325. The summed E-state index contributed by atoms with van der Waals surface area (Å²) in [5.41, 5.74) is 0.863. The third-order valence-corrected chi connectivity index (χ3v) is 6.61. The molecule has 0 saturated carbocycles. The molecule has 1 fully saturated rings. The van der Waals surface area contributed by atoms with E-state index in [1.807, 2.05) is 0 Å². The van der Waals surface area contributed by atoms with Gasteiger partial charge in [-0.05, 0) is 31.0 Å². The van der Waals surface area contributed by atoms with E-state index in [0.717, 1.165) is 6.42 Å². The van der Waals surface area contributed by atoms with Gasteiger partial charge in [-0.1, -0.05) is 24.3 Å². The fourth-order valence-corrected chi connectivity index (χ4v) is 5.09. The van der Waals surface area contributed by atoms with Crippen LogP contribution in [0.3, 0.4) is 0 Å². The van der Waals surface area contributed by atoms with Crippen LogP contribution >= 0.6 is 0 Å². The molecule has 2 aromatic rings. The number of carbonyl (C=O) groups excluding carboxylic acids is 1. The largest absolute Gasteiger partial charge is 0.378 e. The number of sulfonamides is 1. The lowest BCUT2D eigenvalue weighted by Gasteiger charge is -2.25. The Morgan fingerprint density at radius 1 is 1.16 bits per heavy atom. The van der Waals surface area contributed by atoms with E-state index in [4.69, 9.17) is 0 Å². The maximum Gasteiger partial charge on any atom is 0.292 e. The molecule has 0 aliphatic carbocycles. The molecule has 162 valence electrons. The number of nitrogens with zero attached hydrogens (tertiary/aromatic N) is 3. The summed E-state index contributed by atoms with van der Waals surface area (Å²) in [6.07, 6.45) is 1.33. The van der Waals surface area contributed by atoms with Gasteiger partial charge < -0.3 is 15.5 Å². The third-order valence-electron chi connectivity index (χ3n) is 5.28. The van der Waals surface area contributed by atoms with Gasteiger partial charge in [0.2, 0.25) is 5.91 Å². The van der Waals surface area contributed by atoms with Gasteiger partial charge in [0.05, 0.1) is 4.92 Å². The molecule has 1 atom stereocenters. The maximum absolute atomic E-state index is 12.8. The molecule has 11 heteroatoms. The summed E-state index contributed by atoms with van der Waals surface area (Å²) in [6.45, 7) is 1.10. The number of likely N-dealkylation sites (tertiary alicyclic amines) is 1. The summed E-state index contributed by atoms with van der Waals surface area (Å²) < 4.78 is 28.6. The predicted octanol–water partition coefficient (Wildman–Crippen LogP) is 1.74. The highest BCUT2D eigenvalue weighted by atomic mass is 32.2. The number of nitro groups is 1. The number of hydrogen-bond acceptors (Lipinski definition) is 7. The number of amides is 1. The number of anilines is 1. The van der Waals surface area contributed by atoms with Crippen molar-refractivity contribution in [3.05, 3.63) is 64.2 Å². The number of fused-ring (bicyclic) bond motifs is 1.